The third-order valence-corrected chi connectivity index (χ3v) is 5.86. The molecule has 0 radical (unpaired) electrons. The van der Waals surface area contributed by atoms with Crippen LogP contribution in [0.3, 0.4) is 0 Å². The minimum absolute atomic E-state index is 0.165. The lowest BCUT2D eigenvalue weighted by Crippen LogP contribution is -2.61. The van der Waals surface area contributed by atoms with E-state index in [2.05, 4.69) is 53.6 Å². The van der Waals surface area contributed by atoms with Gasteiger partial charge in [-0.3, -0.25) is 4.90 Å². The van der Waals surface area contributed by atoms with E-state index >= 15 is 0 Å². The van der Waals surface area contributed by atoms with Crippen LogP contribution in [0.1, 0.15) is 20.3 Å². The third kappa shape index (κ3) is 3.16. The molecule has 0 spiro atoms. The summed E-state index contributed by atoms with van der Waals surface area (Å²) in [4.78, 5) is 5.24. The molecule has 2 saturated heterocycles. The Hall–Kier alpha value is -0.870. The average Bonchev–Trinajstić information content (AvgIpc) is 3.00. The molecule has 0 aliphatic carbocycles. The van der Waals surface area contributed by atoms with Crippen LogP contribution in [0.15, 0.2) is 24.3 Å². The summed E-state index contributed by atoms with van der Waals surface area (Å²) in [6.07, 6.45) is 1.36. The molecule has 1 aromatic carbocycles. The van der Waals surface area contributed by atoms with E-state index in [1.54, 1.807) is 7.11 Å². The van der Waals surface area contributed by atoms with Gasteiger partial charge >= 0.3 is 0 Å². The van der Waals surface area contributed by atoms with Crippen LogP contribution in [0.5, 0.6) is 5.75 Å². The van der Waals surface area contributed by atoms with Crippen LogP contribution in [0.2, 0.25) is 0 Å². The Bertz CT molecular complexity index is 485. The van der Waals surface area contributed by atoms with Crippen molar-refractivity contribution in [3.63, 3.8) is 0 Å². The van der Waals surface area contributed by atoms with Gasteiger partial charge in [0.1, 0.15) is 5.75 Å². The molecule has 1 aromatic rings. The van der Waals surface area contributed by atoms with Gasteiger partial charge in [0.25, 0.3) is 0 Å². The summed E-state index contributed by atoms with van der Waals surface area (Å²) in [5.41, 5.74) is 1.44. The van der Waals surface area contributed by atoms with Gasteiger partial charge in [0.2, 0.25) is 0 Å². The van der Waals surface area contributed by atoms with E-state index in [4.69, 9.17) is 4.74 Å². The van der Waals surface area contributed by atoms with Gasteiger partial charge in [0, 0.05) is 48.7 Å². The van der Waals surface area contributed by atoms with Crippen molar-refractivity contribution in [1.29, 1.82) is 0 Å². The standard InChI is InChI=1S/C17H26N2OS/c1-17(2)13-18(15-7-10-21-12-15)8-9-19(17)14-5-4-6-16(11-14)20-3/h4-6,11,15H,7-10,12-13H2,1-3H3/t15-/m0/s1. The highest BCUT2D eigenvalue weighted by Gasteiger charge is 2.37. The second-order valence-electron chi connectivity index (χ2n) is 6.65. The van der Waals surface area contributed by atoms with Crippen molar-refractivity contribution in [2.45, 2.75) is 31.8 Å². The summed E-state index contributed by atoms with van der Waals surface area (Å²) in [6.45, 7) is 8.14. The van der Waals surface area contributed by atoms with Crippen molar-refractivity contribution in [1.82, 2.24) is 4.90 Å². The van der Waals surface area contributed by atoms with E-state index in [0.717, 1.165) is 24.9 Å². The predicted octanol–water partition coefficient (Wildman–Crippen LogP) is 3.10. The molecule has 0 aromatic heterocycles. The van der Waals surface area contributed by atoms with Gasteiger partial charge < -0.3 is 9.64 Å². The van der Waals surface area contributed by atoms with Gasteiger partial charge in [-0.2, -0.15) is 11.8 Å². The molecule has 2 fully saturated rings. The highest BCUT2D eigenvalue weighted by atomic mass is 32.2. The van der Waals surface area contributed by atoms with Crippen LogP contribution >= 0.6 is 11.8 Å². The number of anilines is 1. The summed E-state index contributed by atoms with van der Waals surface area (Å²) in [5.74, 6) is 3.59. The molecule has 0 bridgehead atoms. The van der Waals surface area contributed by atoms with E-state index in [-0.39, 0.29) is 5.54 Å². The third-order valence-electron chi connectivity index (χ3n) is 4.72. The Morgan fingerprint density at radius 2 is 2.14 bits per heavy atom. The van der Waals surface area contributed by atoms with Gasteiger partial charge in [-0.25, -0.2) is 0 Å². The summed E-state index contributed by atoms with van der Waals surface area (Å²) < 4.78 is 5.38. The fourth-order valence-corrected chi connectivity index (χ4v) is 4.83. The maximum Gasteiger partial charge on any atom is 0.120 e. The van der Waals surface area contributed by atoms with Crippen molar-refractivity contribution < 1.29 is 4.74 Å². The lowest BCUT2D eigenvalue weighted by molar-refractivity contribution is 0.142. The second-order valence-corrected chi connectivity index (χ2v) is 7.80. The monoisotopic (exact) mass is 306 g/mol. The molecule has 0 N–H and O–H groups in total. The van der Waals surface area contributed by atoms with Crippen molar-refractivity contribution in [3.05, 3.63) is 24.3 Å². The van der Waals surface area contributed by atoms with E-state index in [0.29, 0.717) is 0 Å². The van der Waals surface area contributed by atoms with Crippen LogP contribution < -0.4 is 9.64 Å². The van der Waals surface area contributed by atoms with Crippen LogP contribution in [0, 0.1) is 0 Å². The maximum atomic E-state index is 5.38. The Kier molecular flexibility index (Phi) is 4.36. The molecular formula is C17H26N2OS. The largest absolute Gasteiger partial charge is 0.497 e. The van der Waals surface area contributed by atoms with Crippen molar-refractivity contribution in [3.8, 4) is 5.75 Å². The lowest BCUT2D eigenvalue weighted by atomic mass is 9.96. The first kappa shape index (κ1) is 15.0. The van der Waals surface area contributed by atoms with Gasteiger partial charge in [-0.05, 0) is 38.2 Å². The summed E-state index contributed by atoms with van der Waals surface area (Å²) in [7, 11) is 1.74. The molecule has 3 rings (SSSR count). The fourth-order valence-electron chi connectivity index (χ4n) is 3.57. The molecule has 1 atom stereocenters. The number of rotatable bonds is 3. The highest BCUT2D eigenvalue weighted by Crippen LogP contribution is 2.33. The summed E-state index contributed by atoms with van der Waals surface area (Å²) >= 11 is 2.11. The molecular weight excluding hydrogens is 280 g/mol. The van der Waals surface area contributed by atoms with Crippen LogP contribution in [-0.4, -0.2) is 54.7 Å². The van der Waals surface area contributed by atoms with E-state index in [1.165, 1.54) is 30.2 Å². The van der Waals surface area contributed by atoms with E-state index in [9.17, 15) is 0 Å². The number of piperazine rings is 1. The fraction of sp³-hybridized carbons (Fsp3) is 0.647. The number of nitrogens with zero attached hydrogens (tertiary/aromatic N) is 2. The lowest BCUT2D eigenvalue weighted by Gasteiger charge is -2.50. The predicted molar refractivity (Wildman–Crippen MR) is 91.7 cm³/mol. The molecule has 2 aliphatic rings. The zero-order chi connectivity index (χ0) is 14.9. The molecule has 21 heavy (non-hydrogen) atoms. The molecule has 3 nitrogen and oxygen atoms in total. The average molecular weight is 306 g/mol. The number of thioether (sulfide) groups is 1. The van der Waals surface area contributed by atoms with Gasteiger partial charge in [0.05, 0.1) is 7.11 Å². The molecule has 116 valence electrons. The Labute approximate surface area is 132 Å². The first-order valence-electron chi connectivity index (χ1n) is 7.84. The van der Waals surface area contributed by atoms with Crippen LogP contribution in [-0.2, 0) is 0 Å². The zero-order valence-corrected chi connectivity index (χ0v) is 14.2. The molecule has 2 heterocycles. The Morgan fingerprint density at radius 1 is 1.29 bits per heavy atom. The SMILES string of the molecule is COc1cccc(N2CCN([C@H]3CCSC3)CC2(C)C)c1. The minimum Gasteiger partial charge on any atom is -0.497 e. The van der Waals surface area contributed by atoms with Crippen molar-refractivity contribution in [2.24, 2.45) is 0 Å². The maximum absolute atomic E-state index is 5.38. The number of hydrogen-bond donors (Lipinski definition) is 0. The number of benzene rings is 1. The minimum atomic E-state index is 0.165. The number of ether oxygens (including phenoxy) is 1. The first-order chi connectivity index (χ1) is 10.1. The molecule has 0 saturated carbocycles. The van der Waals surface area contributed by atoms with Gasteiger partial charge in [-0.1, -0.05) is 6.07 Å². The summed E-state index contributed by atoms with van der Waals surface area (Å²) in [5, 5.41) is 0. The Morgan fingerprint density at radius 3 is 2.81 bits per heavy atom. The highest BCUT2D eigenvalue weighted by molar-refractivity contribution is 7.99. The second kappa shape index (κ2) is 6.09. The van der Waals surface area contributed by atoms with Crippen LogP contribution in [0.4, 0.5) is 5.69 Å². The number of methoxy groups -OCH3 is 1. The number of hydrogen-bond acceptors (Lipinski definition) is 4. The quantitative estimate of drug-likeness (QED) is 0.852. The molecule has 2 aliphatic heterocycles. The van der Waals surface area contributed by atoms with Crippen LogP contribution in [0.25, 0.3) is 0 Å². The normalized spacial score (nSPS) is 26.0. The van der Waals surface area contributed by atoms with Crippen molar-refractivity contribution >= 4 is 17.4 Å². The zero-order valence-electron chi connectivity index (χ0n) is 13.3. The Balaban J connectivity index is 1.75. The van der Waals surface area contributed by atoms with Crippen molar-refractivity contribution in [2.75, 3.05) is 43.1 Å². The van der Waals surface area contributed by atoms with Gasteiger partial charge in [-0.15, -0.1) is 0 Å². The first-order valence-corrected chi connectivity index (χ1v) is 8.99. The van der Waals surface area contributed by atoms with Gasteiger partial charge in [0.15, 0.2) is 0 Å². The molecule has 0 unspecified atom stereocenters. The topological polar surface area (TPSA) is 15.7 Å². The van der Waals surface area contributed by atoms with E-state index in [1.807, 2.05) is 6.07 Å². The summed E-state index contributed by atoms with van der Waals surface area (Å²) in [6, 6.07) is 9.25. The molecule has 0 amide bonds. The van der Waals surface area contributed by atoms with E-state index < -0.39 is 0 Å². The smallest absolute Gasteiger partial charge is 0.120 e. The molecule has 4 heteroatoms.